The van der Waals surface area contributed by atoms with Gasteiger partial charge < -0.3 is 10.6 Å². The van der Waals surface area contributed by atoms with E-state index < -0.39 is 0 Å². The van der Waals surface area contributed by atoms with Crippen molar-refractivity contribution in [2.45, 2.75) is 19.8 Å². The van der Waals surface area contributed by atoms with Gasteiger partial charge in [0.2, 0.25) is 0 Å². The number of aromatic nitrogens is 1. The minimum atomic E-state index is 0.428. The molecule has 1 aromatic heterocycles. The Hall–Kier alpha value is -1.16. The number of thiocarbonyl (C=S) groups is 1. The van der Waals surface area contributed by atoms with E-state index in [1.165, 1.54) is 12.8 Å². The smallest absolute Gasteiger partial charge is 0.138 e. The summed E-state index contributed by atoms with van der Waals surface area (Å²) in [6, 6.07) is 3.82. The van der Waals surface area contributed by atoms with Gasteiger partial charge in [-0.15, -0.1) is 0 Å². The normalized spacial score (nSPS) is 14.8. The summed E-state index contributed by atoms with van der Waals surface area (Å²) in [5.41, 5.74) is 6.61. The number of anilines is 1. The van der Waals surface area contributed by atoms with Crippen LogP contribution in [-0.4, -0.2) is 23.1 Å². The lowest BCUT2D eigenvalue weighted by Crippen LogP contribution is -2.29. The summed E-state index contributed by atoms with van der Waals surface area (Å²) < 4.78 is 0. The molecule has 2 N–H and O–H groups in total. The molecule has 1 aliphatic rings. The van der Waals surface area contributed by atoms with Gasteiger partial charge in [0.1, 0.15) is 10.8 Å². The molecule has 0 aliphatic heterocycles. The minimum absolute atomic E-state index is 0.428. The zero-order chi connectivity index (χ0) is 11.5. The first-order valence-electron chi connectivity index (χ1n) is 5.72. The molecule has 16 heavy (non-hydrogen) atoms. The van der Waals surface area contributed by atoms with Gasteiger partial charge in [0.25, 0.3) is 0 Å². The zero-order valence-corrected chi connectivity index (χ0v) is 10.3. The molecule has 86 valence electrons. The lowest BCUT2D eigenvalue weighted by Gasteiger charge is -2.23. The van der Waals surface area contributed by atoms with Gasteiger partial charge in [0.15, 0.2) is 0 Å². The summed E-state index contributed by atoms with van der Waals surface area (Å²) in [6.07, 6.45) is 4.48. The number of nitrogens with two attached hydrogens (primary N) is 1. The van der Waals surface area contributed by atoms with Crippen LogP contribution in [-0.2, 0) is 0 Å². The Morgan fingerprint density at radius 1 is 1.62 bits per heavy atom. The third-order valence-electron chi connectivity index (χ3n) is 2.91. The van der Waals surface area contributed by atoms with Crippen LogP contribution in [0.25, 0.3) is 0 Å². The lowest BCUT2D eigenvalue weighted by molar-refractivity contribution is 0.731. The summed E-state index contributed by atoms with van der Waals surface area (Å²) in [5, 5.41) is 0. The molecule has 2 rings (SSSR count). The van der Waals surface area contributed by atoms with E-state index in [1.54, 1.807) is 6.20 Å². The number of hydrogen-bond donors (Lipinski definition) is 1. The SMILES string of the molecule is CCN(CC1CC1)c1ncccc1C(N)=S. The predicted molar refractivity (Wildman–Crippen MR) is 70.7 cm³/mol. The molecule has 0 saturated heterocycles. The van der Waals surface area contributed by atoms with Crippen LogP contribution in [0, 0.1) is 5.92 Å². The molecule has 1 aliphatic carbocycles. The van der Waals surface area contributed by atoms with Crippen molar-refractivity contribution < 1.29 is 0 Å². The maximum absolute atomic E-state index is 5.72. The molecule has 0 radical (unpaired) electrons. The Kier molecular flexibility index (Phi) is 3.39. The minimum Gasteiger partial charge on any atom is -0.389 e. The van der Waals surface area contributed by atoms with Crippen molar-refractivity contribution in [1.29, 1.82) is 0 Å². The monoisotopic (exact) mass is 235 g/mol. The van der Waals surface area contributed by atoms with Gasteiger partial charge in [0.05, 0.1) is 5.56 Å². The summed E-state index contributed by atoms with van der Waals surface area (Å²) >= 11 is 5.06. The van der Waals surface area contributed by atoms with Gasteiger partial charge in [-0.2, -0.15) is 0 Å². The Balaban J connectivity index is 2.24. The van der Waals surface area contributed by atoms with Gasteiger partial charge >= 0.3 is 0 Å². The van der Waals surface area contributed by atoms with E-state index in [2.05, 4.69) is 16.8 Å². The summed E-state index contributed by atoms with van der Waals surface area (Å²) in [4.78, 5) is 7.11. The van der Waals surface area contributed by atoms with Crippen molar-refractivity contribution in [3.8, 4) is 0 Å². The first-order chi connectivity index (χ1) is 7.72. The van der Waals surface area contributed by atoms with Gasteiger partial charge in [-0.05, 0) is 37.8 Å². The van der Waals surface area contributed by atoms with Crippen LogP contribution in [0.4, 0.5) is 5.82 Å². The molecule has 0 bridgehead atoms. The molecular formula is C12H17N3S. The number of hydrogen-bond acceptors (Lipinski definition) is 3. The summed E-state index contributed by atoms with van der Waals surface area (Å²) in [7, 11) is 0. The van der Waals surface area contributed by atoms with Crippen LogP contribution in [0.5, 0.6) is 0 Å². The first-order valence-corrected chi connectivity index (χ1v) is 6.13. The fourth-order valence-corrected chi connectivity index (χ4v) is 1.98. The Labute approximate surface area is 102 Å². The van der Waals surface area contributed by atoms with E-state index in [0.29, 0.717) is 4.99 Å². The molecular weight excluding hydrogens is 218 g/mol. The van der Waals surface area contributed by atoms with Crippen LogP contribution in [0.2, 0.25) is 0 Å². The molecule has 1 aromatic rings. The Morgan fingerprint density at radius 2 is 2.38 bits per heavy atom. The third-order valence-corrected chi connectivity index (χ3v) is 3.13. The highest BCUT2D eigenvalue weighted by Gasteiger charge is 2.25. The third kappa shape index (κ3) is 2.50. The Bertz CT molecular complexity index is 388. The fourth-order valence-electron chi connectivity index (χ4n) is 1.82. The average molecular weight is 235 g/mol. The molecule has 3 nitrogen and oxygen atoms in total. The average Bonchev–Trinajstić information content (AvgIpc) is 3.09. The van der Waals surface area contributed by atoms with Gasteiger partial charge in [-0.3, -0.25) is 0 Å². The van der Waals surface area contributed by atoms with Crippen molar-refractivity contribution in [2.75, 3.05) is 18.0 Å². The molecule has 1 saturated carbocycles. The second-order valence-electron chi connectivity index (χ2n) is 4.22. The van der Waals surface area contributed by atoms with Crippen molar-refractivity contribution in [3.05, 3.63) is 23.9 Å². The highest BCUT2D eigenvalue weighted by atomic mass is 32.1. The summed E-state index contributed by atoms with van der Waals surface area (Å²) in [6.45, 7) is 4.16. The van der Waals surface area contributed by atoms with Crippen molar-refractivity contribution in [3.63, 3.8) is 0 Å². The molecule has 0 aromatic carbocycles. The second-order valence-corrected chi connectivity index (χ2v) is 4.66. The number of rotatable bonds is 5. The van der Waals surface area contributed by atoms with Crippen LogP contribution in [0.15, 0.2) is 18.3 Å². The highest BCUT2D eigenvalue weighted by Crippen LogP contribution is 2.31. The van der Waals surface area contributed by atoms with Gasteiger partial charge in [0, 0.05) is 19.3 Å². The maximum Gasteiger partial charge on any atom is 0.138 e. The largest absolute Gasteiger partial charge is 0.389 e. The summed E-state index contributed by atoms with van der Waals surface area (Å²) in [5.74, 6) is 1.77. The van der Waals surface area contributed by atoms with Crippen LogP contribution < -0.4 is 10.6 Å². The first kappa shape index (κ1) is 11.3. The van der Waals surface area contributed by atoms with E-state index in [4.69, 9.17) is 18.0 Å². The van der Waals surface area contributed by atoms with Crippen molar-refractivity contribution in [2.24, 2.45) is 11.7 Å². The second kappa shape index (κ2) is 4.78. The molecule has 0 amide bonds. The van der Waals surface area contributed by atoms with E-state index in [9.17, 15) is 0 Å². The number of pyridine rings is 1. The molecule has 0 spiro atoms. The van der Waals surface area contributed by atoms with Crippen molar-refractivity contribution >= 4 is 23.0 Å². The maximum atomic E-state index is 5.72. The van der Waals surface area contributed by atoms with Crippen LogP contribution in [0.1, 0.15) is 25.3 Å². The van der Waals surface area contributed by atoms with Gasteiger partial charge in [-0.1, -0.05) is 12.2 Å². The van der Waals surface area contributed by atoms with E-state index in [-0.39, 0.29) is 0 Å². The molecule has 1 heterocycles. The fraction of sp³-hybridized carbons (Fsp3) is 0.500. The Morgan fingerprint density at radius 3 is 2.94 bits per heavy atom. The van der Waals surface area contributed by atoms with Crippen molar-refractivity contribution in [1.82, 2.24) is 4.98 Å². The molecule has 0 atom stereocenters. The van der Waals surface area contributed by atoms with Crippen LogP contribution >= 0.6 is 12.2 Å². The highest BCUT2D eigenvalue weighted by molar-refractivity contribution is 7.80. The number of nitrogens with zero attached hydrogens (tertiary/aromatic N) is 2. The lowest BCUT2D eigenvalue weighted by atomic mass is 10.2. The van der Waals surface area contributed by atoms with E-state index >= 15 is 0 Å². The van der Waals surface area contributed by atoms with Gasteiger partial charge in [-0.25, -0.2) is 4.98 Å². The topological polar surface area (TPSA) is 42.2 Å². The molecule has 0 unspecified atom stereocenters. The van der Waals surface area contributed by atoms with Crippen LogP contribution in [0.3, 0.4) is 0 Å². The van der Waals surface area contributed by atoms with E-state index in [0.717, 1.165) is 30.4 Å². The predicted octanol–water partition coefficient (Wildman–Crippen LogP) is 1.95. The van der Waals surface area contributed by atoms with E-state index in [1.807, 2.05) is 12.1 Å². The standard InChI is InChI=1S/C12H17N3S/c1-2-15(8-9-5-6-9)12-10(11(13)16)4-3-7-14-12/h3-4,7,9H,2,5-6,8H2,1H3,(H2,13,16). The quantitative estimate of drug-likeness (QED) is 0.792. The zero-order valence-electron chi connectivity index (χ0n) is 9.52. The molecule has 4 heteroatoms. The molecule has 1 fully saturated rings.